The highest BCUT2D eigenvalue weighted by Gasteiger charge is 2.18. The fraction of sp³-hybridized carbons (Fsp3) is 0.235. The second kappa shape index (κ2) is 6.97. The first-order chi connectivity index (χ1) is 12.2. The number of amides is 1. The molecule has 0 saturated carbocycles. The van der Waals surface area contributed by atoms with Crippen LogP contribution < -0.4 is 5.32 Å². The van der Waals surface area contributed by atoms with Crippen LogP contribution in [-0.4, -0.2) is 21.6 Å². The maximum atomic E-state index is 12.9. The van der Waals surface area contributed by atoms with Gasteiger partial charge in [-0.2, -0.15) is 0 Å². The largest absolute Gasteiger partial charge is 0.431 e. The Hall–Kier alpha value is -2.19. The number of rotatable bonds is 5. The molecule has 1 N–H and O–H groups in total. The fourth-order valence-electron chi connectivity index (χ4n) is 2.60. The number of halogens is 1. The number of aromatic nitrogens is 2. The number of hydrogen-bond donors (Lipinski definition) is 1. The number of aryl methyl sites for hydroxylation is 2. The van der Waals surface area contributed by atoms with Crippen LogP contribution in [0.1, 0.15) is 17.0 Å². The number of carbonyl (C=O) groups excluding carboxylic acids is 1. The Morgan fingerprint density at radius 3 is 2.96 bits per heavy atom. The summed E-state index contributed by atoms with van der Waals surface area (Å²) in [6, 6.07) is 5.98. The first-order valence-electron chi connectivity index (χ1n) is 7.80. The van der Waals surface area contributed by atoms with Crippen LogP contribution >= 0.6 is 23.1 Å². The van der Waals surface area contributed by atoms with Crippen molar-refractivity contribution in [3.05, 3.63) is 46.9 Å². The third kappa shape index (κ3) is 3.74. The van der Waals surface area contributed by atoms with E-state index in [0.717, 1.165) is 30.5 Å². The molecular weight excluding hydrogens is 361 g/mol. The molecule has 0 radical (unpaired) electrons. The number of hydrogen-bond acceptors (Lipinski definition) is 6. The van der Waals surface area contributed by atoms with Gasteiger partial charge in [0.1, 0.15) is 5.82 Å². The van der Waals surface area contributed by atoms with Crippen LogP contribution in [0.3, 0.4) is 0 Å². The van der Waals surface area contributed by atoms with Gasteiger partial charge in [0.2, 0.25) is 5.91 Å². The maximum absolute atomic E-state index is 12.9. The maximum Gasteiger partial charge on any atom is 0.256 e. The molecule has 2 aromatic heterocycles. The first kappa shape index (κ1) is 16.3. The molecule has 0 atom stereocenters. The SMILES string of the molecule is O=C(CSc1ncc(-c2ccc(F)cc2)o1)Nc1nc2c(s1)CCC2. The Morgan fingerprint density at radius 1 is 1.32 bits per heavy atom. The second-order valence-corrected chi connectivity index (χ2v) is 7.59. The molecule has 0 fully saturated rings. The summed E-state index contributed by atoms with van der Waals surface area (Å²) in [7, 11) is 0. The highest BCUT2D eigenvalue weighted by Crippen LogP contribution is 2.31. The van der Waals surface area contributed by atoms with Crippen LogP contribution in [0, 0.1) is 5.82 Å². The van der Waals surface area contributed by atoms with E-state index < -0.39 is 0 Å². The number of anilines is 1. The van der Waals surface area contributed by atoms with Gasteiger partial charge in [0.15, 0.2) is 10.9 Å². The lowest BCUT2D eigenvalue weighted by Crippen LogP contribution is -2.13. The zero-order chi connectivity index (χ0) is 17.2. The number of carbonyl (C=O) groups is 1. The molecule has 3 aromatic rings. The van der Waals surface area contributed by atoms with Gasteiger partial charge in [0, 0.05) is 10.4 Å². The lowest BCUT2D eigenvalue weighted by atomic mass is 10.2. The molecule has 25 heavy (non-hydrogen) atoms. The Morgan fingerprint density at radius 2 is 2.16 bits per heavy atom. The van der Waals surface area contributed by atoms with Crippen molar-refractivity contribution < 1.29 is 13.6 Å². The summed E-state index contributed by atoms with van der Waals surface area (Å²) >= 11 is 2.76. The third-order valence-corrected chi connectivity index (χ3v) is 5.70. The monoisotopic (exact) mass is 375 g/mol. The van der Waals surface area contributed by atoms with E-state index in [1.807, 2.05) is 0 Å². The summed E-state index contributed by atoms with van der Waals surface area (Å²) in [6.45, 7) is 0. The topological polar surface area (TPSA) is 68.0 Å². The van der Waals surface area contributed by atoms with Crippen LogP contribution in [-0.2, 0) is 17.6 Å². The molecule has 5 nitrogen and oxygen atoms in total. The minimum absolute atomic E-state index is 0.140. The second-order valence-electron chi connectivity index (χ2n) is 5.58. The zero-order valence-electron chi connectivity index (χ0n) is 13.1. The smallest absolute Gasteiger partial charge is 0.256 e. The Labute approximate surface area is 151 Å². The summed E-state index contributed by atoms with van der Waals surface area (Å²) in [5.41, 5.74) is 1.85. The number of thiazole rings is 1. The van der Waals surface area contributed by atoms with E-state index in [2.05, 4.69) is 15.3 Å². The van der Waals surface area contributed by atoms with Gasteiger partial charge >= 0.3 is 0 Å². The minimum Gasteiger partial charge on any atom is -0.431 e. The van der Waals surface area contributed by atoms with Gasteiger partial charge in [-0.25, -0.2) is 14.4 Å². The van der Waals surface area contributed by atoms with E-state index in [1.54, 1.807) is 29.7 Å². The van der Waals surface area contributed by atoms with Gasteiger partial charge in [0.05, 0.1) is 17.6 Å². The van der Waals surface area contributed by atoms with Crippen molar-refractivity contribution in [3.63, 3.8) is 0 Å². The quantitative estimate of drug-likeness (QED) is 0.678. The van der Waals surface area contributed by atoms with Crippen LogP contribution in [0.25, 0.3) is 11.3 Å². The summed E-state index contributed by atoms with van der Waals surface area (Å²) in [5, 5.41) is 3.88. The Balaban J connectivity index is 1.33. The van der Waals surface area contributed by atoms with Crippen LogP contribution in [0.15, 0.2) is 40.1 Å². The number of fused-ring (bicyclic) bond motifs is 1. The molecule has 0 bridgehead atoms. The molecule has 4 rings (SSSR count). The van der Waals surface area contributed by atoms with E-state index in [1.165, 1.54) is 28.8 Å². The molecule has 1 amide bonds. The van der Waals surface area contributed by atoms with Crippen molar-refractivity contribution in [1.29, 1.82) is 0 Å². The van der Waals surface area contributed by atoms with Gasteiger partial charge in [-0.1, -0.05) is 11.8 Å². The van der Waals surface area contributed by atoms with Crippen molar-refractivity contribution in [2.24, 2.45) is 0 Å². The molecule has 1 aromatic carbocycles. The molecule has 0 saturated heterocycles. The van der Waals surface area contributed by atoms with E-state index in [0.29, 0.717) is 16.1 Å². The van der Waals surface area contributed by atoms with Crippen molar-refractivity contribution in [1.82, 2.24) is 9.97 Å². The van der Waals surface area contributed by atoms with Crippen molar-refractivity contribution >= 4 is 34.1 Å². The zero-order valence-corrected chi connectivity index (χ0v) is 14.8. The average Bonchev–Trinajstić information content (AvgIpc) is 3.29. The highest BCUT2D eigenvalue weighted by molar-refractivity contribution is 7.99. The van der Waals surface area contributed by atoms with E-state index in [9.17, 15) is 9.18 Å². The van der Waals surface area contributed by atoms with Crippen LogP contribution in [0.4, 0.5) is 9.52 Å². The minimum atomic E-state index is -0.303. The molecule has 2 heterocycles. The summed E-state index contributed by atoms with van der Waals surface area (Å²) in [5.74, 6) is 0.286. The van der Waals surface area contributed by atoms with Gasteiger partial charge in [-0.3, -0.25) is 4.79 Å². The highest BCUT2D eigenvalue weighted by atomic mass is 32.2. The van der Waals surface area contributed by atoms with Crippen molar-refractivity contribution in [3.8, 4) is 11.3 Å². The van der Waals surface area contributed by atoms with Crippen molar-refractivity contribution in [2.75, 3.05) is 11.1 Å². The number of thioether (sulfide) groups is 1. The predicted molar refractivity (Wildman–Crippen MR) is 95.4 cm³/mol. The summed E-state index contributed by atoms with van der Waals surface area (Å²) < 4.78 is 18.5. The van der Waals surface area contributed by atoms with E-state index in [4.69, 9.17) is 4.42 Å². The number of benzene rings is 1. The van der Waals surface area contributed by atoms with Crippen LogP contribution in [0.2, 0.25) is 0 Å². The summed E-state index contributed by atoms with van der Waals surface area (Å²) in [6.07, 6.45) is 4.77. The Bertz CT molecular complexity index is 884. The lowest BCUT2D eigenvalue weighted by molar-refractivity contribution is -0.113. The predicted octanol–water partition coefficient (Wildman–Crippen LogP) is 4.16. The van der Waals surface area contributed by atoms with Gasteiger partial charge < -0.3 is 9.73 Å². The lowest BCUT2D eigenvalue weighted by Gasteiger charge is -2.00. The molecule has 0 unspecified atom stereocenters. The van der Waals surface area contributed by atoms with Gasteiger partial charge in [-0.15, -0.1) is 11.3 Å². The summed E-state index contributed by atoms with van der Waals surface area (Å²) in [4.78, 5) is 21.9. The molecule has 8 heteroatoms. The molecule has 128 valence electrons. The molecule has 0 spiro atoms. The standard InChI is InChI=1S/C17H14FN3O2S2/c18-11-6-4-10(5-7-11)13-8-19-17(23-13)24-9-15(22)21-16-20-12-2-1-3-14(12)25-16/h4-8H,1-3,9H2,(H,20,21,22). The average molecular weight is 375 g/mol. The van der Waals surface area contributed by atoms with Crippen molar-refractivity contribution in [2.45, 2.75) is 24.5 Å². The fourth-order valence-corrected chi connectivity index (χ4v) is 4.27. The van der Waals surface area contributed by atoms with E-state index >= 15 is 0 Å². The number of nitrogens with one attached hydrogen (secondary N) is 1. The molecule has 1 aliphatic rings. The third-order valence-electron chi connectivity index (χ3n) is 3.78. The normalized spacial score (nSPS) is 13.0. The molecule has 1 aliphatic carbocycles. The first-order valence-corrected chi connectivity index (χ1v) is 9.60. The number of oxazole rings is 1. The van der Waals surface area contributed by atoms with Crippen LogP contribution in [0.5, 0.6) is 0 Å². The Kier molecular flexibility index (Phi) is 4.54. The van der Waals surface area contributed by atoms with E-state index in [-0.39, 0.29) is 17.5 Å². The van der Waals surface area contributed by atoms with Gasteiger partial charge in [0.25, 0.3) is 5.22 Å². The molecular formula is C17H14FN3O2S2. The molecule has 0 aliphatic heterocycles. The number of nitrogens with zero attached hydrogens (tertiary/aromatic N) is 2. The van der Waals surface area contributed by atoms with Gasteiger partial charge in [-0.05, 0) is 43.5 Å².